The third-order valence-electron chi connectivity index (χ3n) is 5.23. The molecule has 2 N–H and O–H groups in total. The van der Waals surface area contributed by atoms with E-state index < -0.39 is 18.0 Å². The van der Waals surface area contributed by atoms with E-state index in [9.17, 15) is 9.59 Å². The number of nitrogens with zero attached hydrogens (tertiary/aromatic N) is 4. The van der Waals surface area contributed by atoms with Gasteiger partial charge in [-0.1, -0.05) is 23.7 Å². The van der Waals surface area contributed by atoms with Crippen molar-refractivity contribution in [1.82, 2.24) is 20.2 Å². The van der Waals surface area contributed by atoms with Gasteiger partial charge < -0.3 is 15.2 Å². The molecule has 1 saturated carbocycles. The van der Waals surface area contributed by atoms with E-state index in [1.54, 1.807) is 19.1 Å². The molecule has 0 bridgehead atoms. The van der Waals surface area contributed by atoms with E-state index in [0.717, 1.165) is 25.7 Å². The summed E-state index contributed by atoms with van der Waals surface area (Å²) in [6, 6.07) is 5.76. The first-order valence-corrected chi connectivity index (χ1v) is 9.34. The second kappa shape index (κ2) is 7.41. The average Bonchev–Trinajstić information content (AvgIpc) is 3.15. The fourth-order valence-electron chi connectivity index (χ4n) is 3.79. The molecule has 1 aromatic heterocycles. The number of benzene rings is 1. The summed E-state index contributed by atoms with van der Waals surface area (Å²) < 4.78 is 7.31. The Kier molecular flexibility index (Phi) is 4.81. The Morgan fingerprint density at radius 2 is 1.89 bits per heavy atom. The second-order valence-corrected chi connectivity index (χ2v) is 7.11. The normalized spacial score (nSPS) is 19.7. The first kappa shape index (κ1) is 18.1. The molecule has 0 spiro atoms. The number of carboxylic acids is 1. The smallest absolute Gasteiger partial charge is 0.338 e. The Labute approximate surface area is 161 Å². The number of hydrogen-bond acceptors (Lipinski definition) is 7. The lowest BCUT2D eigenvalue weighted by Crippen LogP contribution is -2.32. The van der Waals surface area contributed by atoms with Crippen LogP contribution in [-0.2, 0) is 9.53 Å². The van der Waals surface area contributed by atoms with Crippen LogP contribution in [0.15, 0.2) is 35.5 Å². The van der Waals surface area contributed by atoms with Gasteiger partial charge in [0.05, 0.1) is 11.1 Å². The third kappa shape index (κ3) is 3.35. The topological polar surface area (TPSA) is 119 Å². The van der Waals surface area contributed by atoms with Crippen molar-refractivity contribution in [2.75, 3.05) is 5.32 Å². The number of rotatable bonds is 4. The van der Waals surface area contributed by atoms with E-state index in [1.165, 1.54) is 23.2 Å². The summed E-state index contributed by atoms with van der Waals surface area (Å²) >= 11 is 0. The minimum atomic E-state index is -1.01. The van der Waals surface area contributed by atoms with Gasteiger partial charge in [-0.2, -0.15) is 4.68 Å². The Hall–Kier alpha value is -3.23. The summed E-state index contributed by atoms with van der Waals surface area (Å²) in [5.74, 6) is -0.993. The van der Waals surface area contributed by atoms with Crippen LogP contribution in [-0.4, -0.2) is 43.4 Å². The predicted molar refractivity (Wildman–Crippen MR) is 98.6 cm³/mol. The number of hydrogen-bond donors (Lipinski definition) is 2. The zero-order valence-electron chi connectivity index (χ0n) is 15.5. The highest BCUT2D eigenvalue weighted by atomic mass is 16.5. The van der Waals surface area contributed by atoms with E-state index in [4.69, 9.17) is 9.84 Å². The zero-order chi connectivity index (χ0) is 19.7. The van der Waals surface area contributed by atoms with Crippen molar-refractivity contribution in [2.24, 2.45) is 0 Å². The van der Waals surface area contributed by atoms with Crippen LogP contribution in [0, 0.1) is 0 Å². The minimum absolute atomic E-state index is 0.0770. The minimum Gasteiger partial charge on any atom is -0.478 e. The van der Waals surface area contributed by atoms with Gasteiger partial charge in [0.25, 0.3) is 0 Å². The lowest BCUT2D eigenvalue weighted by Gasteiger charge is -2.29. The van der Waals surface area contributed by atoms with Crippen molar-refractivity contribution in [1.29, 1.82) is 0 Å². The van der Waals surface area contributed by atoms with Crippen LogP contribution in [0.25, 0.3) is 0 Å². The molecular formula is C19H21N5O4. The van der Waals surface area contributed by atoms with E-state index in [2.05, 4.69) is 20.8 Å². The fraction of sp³-hybridized carbons (Fsp3) is 0.421. The monoisotopic (exact) mass is 383 g/mol. The molecule has 2 heterocycles. The van der Waals surface area contributed by atoms with Crippen molar-refractivity contribution in [3.8, 4) is 0 Å². The molecule has 1 aliphatic carbocycles. The molecule has 146 valence electrons. The van der Waals surface area contributed by atoms with E-state index in [-0.39, 0.29) is 11.7 Å². The van der Waals surface area contributed by atoms with Crippen LogP contribution >= 0.6 is 0 Å². The van der Waals surface area contributed by atoms with Gasteiger partial charge in [0, 0.05) is 5.70 Å². The molecule has 1 fully saturated rings. The summed E-state index contributed by atoms with van der Waals surface area (Å²) in [5, 5.41) is 23.9. The van der Waals surface area contributed by atoms with Crippen LogP contribution in [0.2, 0.25) is 0 Å². The largest absolute Gasteiger partial charge is 0.478 e. The molecule has 0 radical (unpaired) electrons. The van der Waals surface area contributed by atoms with Gasteiger partial charge in [-0.15, -0.1) is 0 Å². The Bertz CT molecular complexity index is 928. The molecule has 2 aromatic rings. The van der Waals surface area contributed by atoms with Gasteiger partial charge in [-0.3, -0.25) is 0 Å². The molecule has 9 heteroatoms. The van der Waals surface area contributed by atoms with Gasteiger partial charge in [0.1, 0.15) is 12.1 Å². The maximum absolute atomic E-state index is 13.1. The fourth-order valence-corrected chi connectivity index (χ4v) is 3.79. The highest BCUT2D eigenvalue weighted by molar-refractivity contribution is 5.92. The number of carbonyl (C=O) groups excluding carboxylic acids is 1. The molecule has 1 unspecified atom stereocenters. The summed E-state index contributed by atoms with van der Waals surface area (Å²) in [7, 11) is 0. The van der Waals surface area contributed by atoms with Crippen LogP contribution in [0.5, 0.6) is 0 Å². The van der Waals surface area contributed by atoms with Gasteiger partial charge in [-0.05, 0) is 60.7 Å². The van der Waals surface area contributed by atoms with E-state index in [1.807, 2.05) is 0 Å². The van der Waals surface area contributed by atoms with Gasteiger partial charge in [-0.25, -0.2) is 9.59 Å². The second-order valence-electron chi connectivity index (χ2n) is 7.11. The van der Waals surface area contributed by atoms with Crippen molar-refractivity contribution in [3.63, 3.8) is 0 Å². The molecular weight excluding hydrogens is 362 g/mol. The number of anilines is 1. The SMILES string of the molecule is CC1=C(C(=O)OC2CCCCC2)C(c2ccc(C(=O)O)cc2)n2nnnc2N1. The molecule has 1 aliphatic heterocycles. The van der Waals surface area contributed by atoms with Gasteiger partial charge in [0.2, 0.25) is 5.95 Å². The summed E-state index contributed by atoms with van der Waals surface area (Å²) in [5.41, 5.74) is 1.92. The van der Waals surface area contributed by atoms with Gasteiger partial charge in [0.15, 0.2) is 0 Å². The molecule has 1 aromatic carbocycles. The lowest BCUT2D eigenvalue weighted by molar-refractivity contribution is -0.146. The first-order valence-electron chi connectivity index (χ1n) is 9.34. The molecule has 9 nitrogen and oxygen atoms in total. The predicted octanol–water partition coefficient (Wildman–Crippen LogP) is 2.54. The number of aromatic carboxylic acids is 1. The van der Waals surface area contributed by atoms with Crippen LogP contribution in [0.1, 0.15) is 61.0 Å². The number of carboxylic acid groups (broad SMARTS) is 1. The number of fused-ring (bicyclic) bond motifs is 1. The number of aromatic nitrogens is 4. The Morgan fingerprint density at radius 1 is 1.18 bits per heavy atom. The lowest BCUT2D eigenvalue weighted by atomic mass is 9.94. The number of tetrazole rings is 1. The number of ether oxygens (including phenoxy) is 1. The molecule has 0 saturated heterocycles. The van der Waals surface area contributed by atoms with Crippen molar-refractivity contribution < 1.29 is 19.4 Å². The quantitative estimate of drug-likeness (QED) is 0.773. The van der Waals surface area contributed by atoms with Crippen molar-refractivity contribution >= 4 is 17.9 Å². The first-order chi connectivity index (χ1) is 13.5. The van der Waals surface area contributed by atoms with Gasteiger partial charge >= 0.3 is 11.9 Å². The number of esters is 1. The molecule has 2 aliphatic rings. The number of allylic oxidation sites excluding steroid dienone is 1. The third-order valence-corrected chi connectivity index (χ3v) is 5.23. The highest BCUT2D eigenvalue weighted by Gasteiger charge is 2.36. The van der Waals surface area contributed by atoms with Crippen molar-refractivity contribution in [3.05, 3.63) is 46.7 Å². The van der Waals surface area contributed by atoms with Crippen LogP contribution < -0.4 is 5.32 Å². The zero-order valence-corrected chi connectivity index (χ0v) is 15.5. The summed E-state index contributed by atoms with van der Waals surface area (Å²) in [6.45, 7) is 1.79. The summed E-state index contributed by atoms with van der Waals surface area (Å²) in [6.07, 6.45) is 4.96. The van der Waals surface area contributed by atoms with E-state index in [0.29, 0.717) is 22.8 Å². The van der Waals surface area contributed by atoms with E-state index >= 15 is 0 Å². The maximum Gasteiger partial charge on any atom is 0.338 e. The molecule has 4 rings (SSSR count). The van der Waals surface area contributed by atoms with Crippen LogP contribution in [0.4, 0.5) is 5.95 Å². The number of carbonyl (C=O) groups is 2. The number of nitrogens with one attached hydrogen (secondary N) is 1. The van der Waals surface area contributed by atoms with Crippen LogP contribution in [0.3, 0.4) is 0 Å². The standard InChI is InChI=1S/C19H21N5O4/c1-11-15(18(27)28-14-5-3-2-4-6-14)16(24-19(20-11)21-22-23-24)12-7-9-13(10-8-12)17(25)26/h7-10,14,16H,2-6H2,1H3,(H,25,26)(H,20,21,23). The molecule has 28 heavy (non-hydrogen) atoms. The Balaban J connectivity index is 1.69. The molecule has 0 amide bonds. The maximum atomic E-state index is 13.1. The molecule has 1 atom stereocenters. The Morgan fingerprint density at radius 3 is 2.57 bits per heavy atom. The highest BCUT2D eigenvalue weighted by Crippen LogP contribution is 2.35. The van der Waals surface area contributed by atoms with Crippen molar-refractivity contribution in [2.45, 2.75) is 51.2 Å². The summed E-state index contributed by atoms with van der Waals surface area (Å²) in [4.78, 5) is 24.2. The average molecular weight is 383 g/mol.